The minimum Gasteiger partial charge on any atom is -0.476 e. The van der Waals surface area contributed by atoms with Gasteiger partial charge in [-0.3, -0.25) is 9.10 Å². The number of hydrogen-bond acceptors (Lipinski definition) is 4. The van der Waals surface area contributed by atoms with Crippen molar-refractivity contribution in [3.63, 3.8) is 0 Å². The van der Waals surface area contributed by atoms with Crippen LogP contribution in [-0.2, 0) is 21.2 Å². The smallest absolute Gasteiger partial charge is 0.263 e. The van der Waals surface area contributed by atoms with Gasteiger partial charge in [0.05, 0.1) is 18.0 Å². The molecule has 0 radical (unpaired) electrons. The molecule has 1 aliphatic rings. The Kier molecular flexibility index (Phi) is 6.24. The fraction of sp³-hybridized carbons (Fsp3) is 0.381. The topological polar surface area (TPSA) is 75.7 Å². The number of fused-ring (bicyclic) bond motifs is 1. The third-order valence-electron chi connectivity index (χ3n) is 4.83. The monoisotopic (exact) mass is 402 g/mol. The van der Waals surface area contributed by atoms with E-state index in [-0.39, 0.29) is 24.2 Å². The number of ether oxygens (including phenoxy) is 1. The summed E-state index contributed by atoms with van der Waals surface area (Å²) in [6.45, 7) is 3.51. The van der Waals surface area contributed by atoms with Crippen LogP contribution in [0.1, 0.15) is 25.8 Å². The van der Waals surface area contributed by atoms with Crippen molar-refractivity contribution in [1.82, 2.24) is 5.32 Å². The van der Waals surface area contributed by atoms with Crippen LogP contribution in [0.5, 0.6) is 5.75 Å². The first-order chi connectivity index (χ1) is 13.4. The standard InChI is InChI=1S/C21H26N2O4S/c1-3-28(25,26)23-15-20(27-19-12-8-7-11-18(19)23)21(24)22-16(2)13-14-17-9-5-4-6-10-17/h4-12,16,20H,3,13-15H2,1-2H3,(H,22,24)/t16-,20+/m0/s1. The van der Waals surface area contributed by atoms with E-state index in [0.29, 0.717) is 11.4 Å². The molecule has 6 nitrogen and oxygen atoms in total. The Bertz CT molecular complexity index is 915. The van der Waals surface area contributed by atoms with Gasteiger partial charge < -0.3 is 10.1 Å². The maximum absolute atomic E-state index is 12.7. The molecule has 28 heavy (non-hydrogen) atoms. The fourth-order valence-electron chi connectivity index (χ4n) is 3.19. The number of sulfonamides is 1. The van der Waals surface area contributed by atoms with Gasteiger partial charge in [0.1, 0.15) is 5.75 Å². The largest absolute Gasteiger partial charge is 0.476 e. The van der Waals surface area contributed by atoms with Crippen molar-refractivity contribution in [2.75, 3.05) is 16.6 Å². The lowest BCUT2D eigenvalue weighted by molar-refractivity contribution is -0.128. The second-order valence-electron chi connectivity index (χ2n) is 6.94. The highest BCUT2D eigenvalue weighted by atomic mass is 32.2. The SMILES string of the molecule is CCS(=O)(=O)N1C[C@H](C(=O)N[C@@H](C)CCc2ccccc2)Oc2ccccc21. The molecule has 0 bridgehead atoms. The van der Waals surface area contributed by atoms with Crippen molar-refractivity contribution in [3.05, 3.63) is 60.2 Å². The lowest BCUT2D eigenvalue weighted by Crippen LogP contribution is -2.52. The first-order valence-electron chi connectivity index (χ1n) is 9.51. The van der Waals surface area contributed by atoms with Crippen molar-refractivity contribution in [1.29, 1.82) is 0 Å². The molecule has 2 aromatic carbocycles. The minimum absolute atomic E-state index is 0.0234. The molecule has 3 rings (SSSR count). The highest BCUT2D eigenvalue weighted by Crippen LogP contribution is 2.35. The summed E-state index contributed by atoms with van der Waals surface area (Å²) in [6, 6.07) is 16.9. The van der Waals surface area contributed by atoms with Crippen LogP contribution in [0.25, 0.3) is 0 Å². The summed E-state index contributed by atoms with van der Waals surface area (Å²) >= 11 is 0. The van der Waals surface area contributed by atoms with E-state index in [1.54, 1.807) is 31.2 Å². The van der Waals surface area contributed by atoms with Gasteiger partial charge in [0.25, 0.3) is 5.91 Å². The van der Waals surface area contributed by atoms with E-state index in [4.69, 9.17) is 4.74 Å². The van der Waals surface area contributed by atoms with Crippen molar-refractivity contribution in [3.8, 4) is 5.75 Å². The summed E-state index contributed by atoms with van der Waals surface area (Å²) in [5, 5.41) is 2.96. The van der Waals surface area contributed by atoms with Gasteiger partial charge in [-0.05, 0) is 44.4 Å². The van der Waals surface area contributed by atoms with Gasteiger partial charge in [0.2, 0.25) is 10.0 Å². The van der Waals surface area contributed by atoms with Crippen LogP contribution in [0, 0.1) is 0 Å². The quantitative estimate of drug-likeness (QED) is 0.773. The van der Waals surface area contributed by atoms with Crippen molar-refractivity contribution < 1.29 is 17.9 Å². The van der Waals surface area contributed by atoms with E-state index < -0.39 is 16.1 Å². The number of nitrogens with one attached hydrogen (secondary N) is 1. The lowest BCUT2D eigenvalue weighted by atomic mass is 10.1. The van der Waals surface area contributed by atoms with Gasteiger partial charge in [0, 0.05) is 6.04 Å². The molecule has 7 heteroatoms. The van der Waals surface area contributed by atoms with Gasteiger partial charge in [-0.1, -0.05) is 42.5 Å². The Morgan fingerprint density at radius 3 is 2.57 bits per heavy atom. The number of nitrogens with zero attached hydrogens (tertiary/aromatic N) is 1. The van der Waals surface area contributed by atoms with Crippen molar-refractivity contribution in [2.45, 2.75) is 38.8 Å². The number of para-hydroxylation sites is 2. The predicted molar refractivity (Wildman–Crippen MR) is 110 cm³/mol. The number of anilines is 1. The molecule has 0 aliphatic carbocycles. The molecule has 1 N–H and O–H groups in total. The van der Waals surface area contributed by atoms with E-state index in [1.165, 1.54) is 9.87 Å². The van der Waals surface area contributed by atoms with Crippen LogP contribution in [-0.4, -0.2) is 38.8 Å². The van der Waals surface area contributed by atoms with Crippen LogP contribution < -0.4 is 14.4 Å². The zero-order valence-corrected chi connectivity index (χ0v) is 17.0. The number of carbonyl (C=O) groups excluding carboxylic acids is 1. The van der Waals surface area contributed by atoms with Gasteiger partial charge in [-0.15, -0.1) is 0 Å². The summed E-state index contributed by atoms with van der Waals surface area (Å²) in [5.74, 6) is 0.0672. The molecule has 0 fully saturated rings. The molecule has 1 heterocycles. The third kappa shape index (κ3) is 4.65. The van der Waals surface area contributed by atoms with Gasteiger partial charge in [0.15, 0.2) is 6.10 Å². The highest BCUT2D eigenvalue weighted by Gasteiger charge is 2.36. The molecule has 2 aromatic rings. The lowest BCUT2D eigenvalue weighted by Gasteiger charge is -2.35. The summed E-state index contributed by atoms with van der Waals surface area (Å²) in [7, 11) is -3.50. The Morgan fingerprint density at radius 2 is 1.86 bits per heavy atom. The molecule has 0 unspecified atom stereocenters. The van der Waals surface area contributed by atoms with Crippen LogP contribution >= 0.6 is 0 Å². The number of aryl methyl sites for hydroxylation is 1. The molecule has 1 amide bonds. The first kappa shape index (κ1) is 20.2. The summed E-state index contributed by atoms with van der Waals surface area (Å²) in [5.41, 5.74) is 1.69. The molecule has 2 atom stereocenters. The van der Waals surface area contributed by atoms with Crippen molar-refractivity contribution >= 4 is 21.6 Å². The Hall–Kier alpha value is -2.54. The van der Waals surface area contributed by atoms with Crippen LogP contribution in [0.4, 0.5) is 5.69 Å². The summed E-state index contributed by atoms with van der Waals surface area (Å²) < 4.78 is 32.1. The average Bonchev–Trinajstić information content (AvgIpc) is 2.72. The van der Waals surface area contributed by atoms with Crippen molar-refractivity contribution in [2.24, 2.45) is 0 Å². The number of carbonyl (C=O) groups is 1. The molecule has 1 aliphatic heterocycles. The van der Waals surface area contributed by atoms with E-state index >= 15 is 0 Å². The molecule has 0 aromatic heterocycles. The van der Waals surface area contributed by atoms with E-state index in [9.17, 15) is 13.2 Å². The maximum Gasteiger partial charge on any atom is 0.263 e. The number of amides is 1. The van der Waals surface area contributed by atoms with E-state index in [2.05, 4.69) is 17.4 Å². The zero-order chi connectivity index (χ0) is 20.1. The van der Waals surface area contributed by atoms with Crippen LogP contribution in [0.3, 0.4) is 0 Å². The first-order valence-corrected chi connectivity index (χ1v) is 11.1. The van der Waals surface area contributed by atoms with Gasteiger partial charge in [-0.2, -0.15) is 0 Å². The molecule has 150 valence electrons. The van der Waals surface area contributed by atoms with Gasteiger partial charge in [-0.25, -0.2) is 8.42 Å². The average molecular weight is 403 g/mol. The molecular weight excluding hydrogens is 376 g/mol. The number of hydrogen-bond donors (Lipinski definition) is 1. The Balaban J connectivity index is 1.67. The van der Waals surface area contributed by atoms with E-state index in [1.807, 2.05) is 25.1 Å². The Morgan fingerprint density at radius 1 is 1.18 bits per heavy atom. The normalized spacial score (nSPS) is 17.4. The predicted octanol–water partition coefficient (Wildman–Crippen LogP) is 2.74. The van der Waals surface area contributed by atoms with Crippen LogP contribution in [0.15, 0.2) is 54.6 Å². The second-order valence-corrected chi connectivity index (χ2v) is 9.12. The summed E-state index contributed by atoms with van der Waals surface area (Å²) in [4.78, 5) is 12.7. The van der Waals surface area contributed by atoms with Gasteiger partial charge >= 0.3 is 0 Å². The summed E-state index contributed by atoms with van der Waals surface area (Å²) in [6.07, 6.45) is 0.763. The number of benzene rings is 2. The van der Waals surface area contributed by atoms with E-state index in [0.717, 1.165) is 12.8 Å². The number of rotatable bonds is 7. The Labute approximate surface area is 166 Å². The zero-order valence-electron chi connectivity index (χ0n) is 16.2. The maximum atomic E-state index is 12.7. The molecule has 0 spiro atoms. The molecule has 0 saturated heterocycles. The third-order valence-corrected chi connectivity index (χ3v) is 6.57. The van der Waals surface area contributed by atoms with Crippen LogP contribution in [0.2, 0.25) is 0 Å². The molecular formula is C21H26N2O4S. The fourth-order valence-corrected chi connectivity index (χ4v) is 4.32. The molecule has 0 saturated carbocycles. The second kappa shape index (κ2) is 8.65. The highest BCUT2D eigenvalue weighted by molar-refractivity contribution is 7.92. The minimum atomic E-state index is -3.50.